The molecule has 1 fully saturated rings. The number of hydrogen-bond donors (Lipinski definition) is 4. The molecule has 0 aromatic carbocycles. The molecule has 1 rings (SSSR count). The molecular weight excluding hydrogens is 220 g/mol. The maximum Gasteiger partial charge on any atom is 0.404 e. The van der Waals surface area contributed by atoms with Crippen LogP contribution in [0.1, 0.15) is 12.8 Å². The van der Waals surface area contributed by atoms with Gasteiger partial charge in [0.25, 0.3) is 0 Å². The molecule has 0 radical (unpaired) electrons. The fourth-order valence-electron chi connectivity index (χ4n) is 1.29. The molecule has 1 saturated heterocycles. The molecule has 0 aromatic heterocycles. The van der Waals surface area contributed by atoms with Crippen LogP contribution in [0.3, 0.4) is 0 Å². The summed E-state index contributed by atoms with van der Waals surface area (Å²) in [6, 6.07) is 0. The molecule has 92 valence electrons. The number of hydrogen-bond acceptors (Lipinski definition) is 4. The number of halogens is 1. The van der Waals surface area contributed by atoms with Crippen molar-refractivity contribution in [2.45, 2.75) is 12.8 Å². The van der Waals surface area contributed by atoms with E-state index >= 15 is 0 Å². The molecule has 0 aromatic rings. The molecular formula is C8H21ClN4O2. The van der Waals surface area contributed by atoms with E-state index in [0.29, 0.717) is 5.92 Å². The SMILES string of the molecule is CNC(=O)O.Cl.NC[C@@H]1CCCN(N)C1. The molecule has 0 saturated carbocycles. The fourth-order valence-corrected chi connectivity index (χ4v) is 1.29. The maximum absolute atomic E-state index is 9.26. The highest BCUT2D eigenvalue weighted by Crippen LogP contribution is 2.11. The Balaban J connectivity index is 0. The number of piperidine rings is 1. The normalized spacial score (nSPS) is 20.6. The standard InChI is InChI=1S/C6H15N3.C2H5NO2.ClH/c7-4-6-2-1-3-9(8)5-6;1-3-2(4)5;/h6H,1-5,7-8H2;3H,1H3,(H,4,5);1H/t6-;;/m0../s1. The molecule has 1 aliphatic heterocycles. The molecule has 6 N–H and O–H groups in total. The summed E-state index contributed by atoms with van der Waals surface area (Å²) in [6.07, 6.45) is 1.47. The van der Waals surface area contributed by atoms with Gasteiger partial charge < -0.3 is 16.2 Å². The van der Waals surface area contributed by atoms with Crippen LogP contribution in [-0.2, 0) is 0 Å². The molecule has 0 spiro atoms. The van der Waals surface area contributed by atoms with Gasteiger partial charge in [0.2, 0.25) is 0 Å². The van der Waals surface area contributed by atoms with Crippen LogP contribution in [0.5, 0.6) is 0 Å². The molecule has 6 nitrogen and oxygen atoms in total. The zero-order valence-corrected chi connectivity index (χ0v) is 9.80. The summed E-state index contributed by atoms with van der Waals surface area (Å²) < 4.78 is 0. The van der Waals surface area contributed by atoms with E-state index in [9.17, 15) is 4.79 Å². The van der Waals surface area contributed by atoms with E-state index in [2.05, 4.69) is 0 Å². The minimum atomic E-state index is -0.995. The van der Waals surface area contributed by atoms with Crippen molar-refractivity contribution >= 4 is 18.5 Å². The number of rotatable bonds is 1. The lowest BCUT2D eigenvalue weighted by atomic mass is 10.00. The lowest BCUT2D eigenvalue weighted by Crippen LogP contribution is -2.42. The number of carbonyl (C=O) groups is 1. The molecule has 1 atom stereocenters. The zero-order chi connectivity index (χ0) is 11.0. The maximum atomic E-state index is 9.26. The molecule has 7 heteroatoms. The van der Waals surface area contributed by atoms with Gasteiger partial charge in [0.1, 0.15) is 0 Å². The number of carboxylic acid groups (broad SMARTS) is 1. The second-order valence-electron chi connectivity index (χ2n) is 3.29. The third-order valence-electron chi connectivity index (χ3n) is 2.10. The Morgan fingerprint density at radius 2 is 2.20 bits per heavy atom. The number of hydrazine groups is 1. The van der Waals surface area contributed by atoms with Crippen LogP contribution in [0, 0.1) is 5.92 Å². The summed E-state index contributed by atoms with van der Waals surface area (Å²) >= 11 is 0. The number of nitrogens with zero attached hydrogens (tertiary/aromatic N) is 1. The monoisotopic (exact) mass is 240 g/mol. The van der Waals surface area contributed by atoms with E-state index in [1.807, 2.05) is 10.3 Å². The highest BCUT2D eigenvalue weighted by Gasteiger charge is 2.14. The van der Waals surface area contributed by atoms with Crippen molar-refractivity contribution in [1.82, 2.24) is 10.3 Å². The number of nitrogens with one attached hydrogen (secondary N) is 1. The van der Waals surface area contributed by atoms with Crippen molar-refractivity contribution in [2.75, 3.05) is 26.7 Å². The molecule has 1 aliphatic rings. The van der Waals surface area contributed by atoms with Gasteiger partial charge in [-0.15, -0.1) is 12.4 Å². The summed E-state index contributed by atoms with van der Waals surface area (Å²) in [7, 11) is 1.35. The highest BCUT2D eigenvalue weighted by molar-refractivity contribution is 5.85. The Labute approximate surface area is 96.4 Å². The van der Waals surface area contributed by atoms with E-state index in [-0.39, 0.29) is 12.4 Å². The van der Waals surface area contributed by atoms with Crippen molar-refractivity contribution in [1.29, 1.82) is 0 Å². The lowest BCUT2D eigenvalue weighted by molar-refractivity contribution is 0.181. The van der Waals surface area contributed by atoms with Gasteiger partial charge in [-0.25, -0.2) is 9.80 Å². The molecule has 0 bridgehead atoms. The summed E-state index contributed by atoms with van der Waals surface area (Å²) in [5.74, 6) is 6.22. The van der Waals surface area contributed by atoms with Crippen LogP contribution in [0.25, 0.3) is 0 Å². The quantitative estimate of drug-likeness (QED) is 0.477. The average Bonchev–Trinajstić information content (AvgIpc) is 2.18. The zero-order valence-electron chi connectivity index (χ0n) is 8.98. The Bertz CT molecular complexity index is 171. The summed E-state index contributed by atoms with van der Waals surface area (Å²) in [6.45, 7) is 2.81. The second kappa shape index (κ2) is 9.97. The Hall–Kier alpha value is -0.560. The van der Waals surface area contributed by atoms with E-state index in [1.54, 1.807) is 0 Å². The van der Waals surface area contributed by atoms with Crippen molar-refractivity contribution in [3.05, 3.63) is 0 Å². The minimum Gasteiger partial charge on any atom is -0.465 e. The van der Waals surface area contributed by atoms with Crippen LogP contribution >= 0.6 is 12.4 Å². The minimum absolute atomic E-state index is 0. The van der Waals surface area contributed by atoms with Gasteiger partial charge in [0.05, 0.1) is 0 Å². The van der Waals surface area contributed by atoms with Gasteiger partial charge in [-0.2, -0.15) is 0 Å². The molecule has 0 aliphatic carbocycles. The van der Waals surface area contributed by atoms with Crippen molar-refractivity contribution in [3.63, 3.8) is 0 Å². The van der Waals surface area contributed by atoms with Gasteiger partial charge in [-0.05, 0) is 25.3 Å². The first kappa shape index (κ1) is 16.9. The van der Waals surface area contributed by atoms with Crippen molar-refractivity contribution in [2.24, 2.45) is 17.5 Å². The third-order valence-corrected chi connectivity index (χ3v) is 2.10. The third kappa shape index (κ3) is 9.74. The van der Waals surface area contributed by atoms with E-state index in [1.165, 1.54) is 19.9 Å². The second-order valence-corrected chi connectivity index (χ2v) is 3.29. The number of nitrogens with two attached hydrogens (primary N) is 2. The predicted molar refractivity (Wildman–Crippen MR) is 61.9 cm³/mol. The smallest absolute Gasteiger partial charge is 0.404 e. The fraction of sp³-hybridized carbons (Fsp3) is 0.875. The lowest BCUT2D eigenvalue weighted by Gasteiger charge is -2.27. The molecule has 1 heterocycles. The van der Waals surface area contributed by atoms with Gasteiger partial charge >= 0.3 is 6.09 Å². The van der Waals surface area contributed by atoms with E-state index in [0.717, 1.165) is 19.6 Å². The first-order chi connectivity index (χ1) is 6.60. The predicted octanol–water partition coefficient (Wildman–Crippen LogP) is -0.164. The van der Waals surface area contributed by atoms with E-state index in [4.69, 9.17) is 16.7 Å². The van der Waals surface area contributed by atoms with Gasteiger partial charge in [0, 0.05) is 20.1 Å². The van der Waals surface area contributed by atoms with Gasteiger partial charge in [-0.3, -0.25) is 5.84 Å². The topological polar surface area (TPSA) is 105 Å². The summed E-state index contributed by atoms with van der Waals surface area (Å²) in [5, 5.41) is 11.4. The molecule has 0 unspecified atom stereocenters. The first-order valence-corrected chi connectivity index (χ1v) is 4.70. The van der Waals surface area contributed by atoms with Crippen LogP contribution < -0.4 is 16.9 Å². The first-order valence-electron chi connectivity index (χ1n) is 4.70. The Morgan fingerprint density at radius 3 is 2.47 bits per heavy atom. The van der Waals surface area contributed by atoms with Crippen molar-refractivity contribution < 1.29 is 9.90 Å². The largest absolute Gasteiger partial charge is 0.465 e. The van der Waals surface area contributed by atoms with Crippen LogP contribution in [0.4, 0.5) is 4.79 Å². The van der Waals surface area contributed by atoms with Crippen molar-refractivity contribution in [3.8, 4) is 0 Å². The Morgan fingerprint density at radius 1 is 1.67 bits per heavy atom. The Kier molecular flexibility index (Phi) is 11.2. The highest BCUT2D eigenvalue weighted by atomic mass is 35.5. The summed E-state index contributed by atoms with van der Waals surface area (Å²) in [5.41, 5.74) is 5.48. The summed E-state index contributed by atoms with van der Waals surface area (Å²) in [4.78, 5) is 9.26. The average molecular weight is 241 g/mol. The number of amides is 1. The van der Waals surface area contributed by atoms with Crippen LogP contribution in [-0.4, -0.2) is 42.9 Å². The molecule has 1 amide bonds. The molecule has 15 heavy (non-hydrogen) atoms. The van der Waals surface area contributed by atoms with Crippen LogP contribution in [0.2, 0.25) is 0 Å². The van der Waals surface area contributed by atoms with Crippen LogP contribution in [0.15, 0.2) is 0 Å². The van der Waals surface area contributed by atoms with Gasteiger partial charge in [-0.1, -0.05) is 0 Å². The van der Waals surface area contributed by atoms with E-state index < -0.39 is 6.09 Å². The van der Waals surface area contributed by atoms with Gasteiger partial charge in [0.15, 0.2) is 0 Å².